The van der Waals surface area contributed by atoms with Crippen LogP contribution in [0, 0.1) is 20.8 Å². The zero-order valence-electron chi connectivity index (χ0n) is 12.8. The summed E-state index contributed by atoms with van der Waals surface area (Å²) in [5, 5.41) is 0.358. The van der Waals surface area contributed by atoms with Gasteiger partial charge in [-0.1, -0.05) is 35.9 Å². The Labute approximate surface area is 134 Å². The van der Waals surface area contributed by atoms with Crippen LogP contribution in [0.4, 0.5) is 0 Å². The lowest BCUT2D eigenvalue weighted by Gasteiger charge is -2.14. The summed E-state index contributed by atoms with van der Waals surface area (Å²) >= 11 is 5.85. The van der Waals surface area contributed by atoms with Gasteiger partial charge in [-0.05, 0) is 55.6 Å². The molecule has 0 N–H and O–H groups in total. The van der Waals surface area contributed by atoms with Gasteiger partial charge < -0.3 is 0 Å². The van der Waals surface area contributed by atoms with Crippen LogP contribution >= 0.6 is 11.6 Å². The molecule has 2 aromatic carbocycles. The average Bonchev–Trinajstić information content (AvgIpc) is 2.49. The van der Waals surface area contributed by atoms with Crippen molar-refractivity contribution in [2.45, 2.75) is 20.8 Å². The quantitative estimate of drug-likeness (QED) is 0.608. The number of carbonyl (C=O) groups excluding carboxylic acids is 1. The van der Waals surface area contributed by atoms with E-state index in [1.54, 1.807) is 0 Å². The number of halogens is 1. The maximum absolute atomic E-state index is 12.0. The van der Waals surface area contributed by atoms with Crippen LogP contribution in [0.3, 0.4) is 0 Å². The van der Waals surface area contributed by atoms with Crippen LogP contribution in [0.25, 0.3) is 22.2 Å². The van der Waals surface area contributed by atoms with E-state index < -0.39 is 5.24 Å². The third-order valence-electron chi connectivity index (χ3n) is 3.98. The third kappa shape index (κ3) is 2.40. The van der Waals surface area contributed by atoms with E-state index in [2.05, 4.69) is 18.2 Å². The van der Waals surface area contributed by atoms with E-state index >= 15 is 0 Å². The number of nitrogens with zero attached hydrogens (tertiary/aromatic N) is 1. The van der Waals surface area contributed by atoms with Crippen LogP contribution in [0.5, 0.6) is 0 Å². The normalized spacial score (nSPS) is 10.9. The fraction of sp³-hybridized carbons (Fsp3) is 0.158. The molecule has 3 aromatic rings. The van der Waals surface area contributed by atoms with Crippen molar-refractivity contribution < 1.29 is 4.79 Å². The number of benzene rings is 2. The standard InChI is InChI=1S/C19H16ClNO/c1-11-8-9-12(2)15(10-11)18-13(3)17(19(20)22)14-6-4-5-7-16(14)21-18/h4-10H,1-3H3. The first-order valence-corrected chi connectivity index (χ1v) is 7.53. The van der Waals surface area contributed by atoms with Crippen molar-refractivity contribution in [2.24, 2.45) is 0 Å². The second kappa shape index (κ2) is 5.54. The van der Waals surface area contributed by atoms with E-state index in [1.165, 1.54) is 0 Å². The molecule has 0 atom stereocenters. The highest BCUT2D eigenvalue weighted by molar-refractivity contribution is 6.68. The van der Waals surface area contributed by atoms with E-state index in [1.807, 2.05) is 45.0 Å². The van der Waals surface area contributed by atoms with Crippen molar-refractivity contribution in [2.75, 3.05) is 0 Å². The van der Waals surface area contributed by atoms with Gasteiger partial charge in [0, 0.05) is 16.5 Å². The second-order valence-corrected chi connectivity index (χ2v) is 5.91. The SMILES string of the molecule is Cc1ccc(C)c(-c2nc3ccccc3c(C(=O)Cl)c2C)c1. The number of carbonyl (C=O) groups is 1. The summed E-state index contributed by atoms with van der Waals surface area (Å²) in [6, 6.07) is 13.9. The van der Waals surface area contributed by atoms with Crippen LogP contribution in [-0.4, -0.2) is 10.2 Å². The van der Waals surface area contributed by atoms with Crippen molar-refractivity contribution in [1.29, 1.82) is 0 Å². The third-order valence-corrected chi connectivity index (χ3v) is 4.17. The molecule has 110 valence electrons. The molecule has 0 saturated heterocycles. The van der Waals surface area contributed by atoms with Crippen LogP contribution in [0.1, 0.15) is 27.0 Å². The average molecular weight is 310 g/mol. The first-order chi connectivity index (χ1) is 10.5. The van der Waals surface area contributed by atoms with Crippen molar-refractivity contribution in [3.8, 4) is 11.3 Å². The molecule has 0 bridgehead atoms. The Bertz CT molecular complexity index is 899. The summed E-state index contributed by atoms with van der Waals surface area (Å²) in [5.74, 6) is 0. The number of hydrogen-bond donors (Lipinski definition) is 0. The van der Waals surface area contributed by atoms with Gasteiger partial charge in [-0.15, -0.1) is 0 Å². The molecule has 3 heteroatoms. The van der Waals surface area contributed by atoms with E-state index in [0.717, 1.165) is 38.9 Å². The molecule has 0 saturated carbocycles. The highest BCUT2D eigenvalue weighted by atomic mass is 35.5. The first kappa shape index (κ1) is 14.7. The van der Waals surface area contributed by atoms with Crippen molar-refractivity contribution in [3.05, 3.63) is 64.7 Å². The Hall–Kier alpha value is -2.19. The minimum Gasteiger partial charge on any atom is -0.276 e. The highest BCUT2D eigenvalue weighted by Crippen LogP contribution is 2.32. The number of rotatable bonds is 2. The van der Waals surface area contributed by atoms with E-state index in [0.29, 0.717) is 5.56 Å². The Kier molecular flexibility index (Phi) is 3.71. The summed E-state index contributed by atoms with van der Waals surface area (Å²) < 4.78 is 0. The van der Waals surface area contributed by atoms with Gasteiger partial charge in [0.25, 0.3) is 5.24 Å². The summed E-state index contributed by atoms with van der Waals surface area (Å²) in [6.07, 6.45) is 0. The maximum Gasteiger partial charge on any atom is 0.253 e. The number of para-hydroxylation sites is 1. The van der Waals surface area contributed by atoms with Gasteiger partial charge in [0.15, 0.2) is 0 Å². The Morgan fingerprint density at radius 3 is 2.50 bits per heavy atom. The van der Waals surface area contributed by atoms with Gasteiger partial charge in [-0.25, -0.2) is 4.98 Å². The minimum atomic E-state index is -0.442. The molecule has 0 aliphatic rings. The second-order valence-electron chi connectivity index (χ2n) is 5.57. The number of aryl methyl sites for hydroxylation is 2. The van der Waals surface area contributed by atoms with Crippen LogP contribution in [0.2, 0.25) is 0 Å². The lowest BCUT2D eigenvalue weighted by Crippen LogP contribution is -2.02. The predicted molar refractivity (Wildman–Crippen MR) is 91.6 cm³/mol. The van der Waals surface area contributed by atoms with Gasteiger partial charge >= 0.3 is 0 Å². The molecular formula is C19H16ClNO. The number of fused-ring (bicyclic) bond motifs is 1. The molecule has 1 heterocycles. The van der Waals surface area contributed by atoms with E-state index in [-0.39, 0.29) is 0 Å². The number of hydrogen-bond acceptors (Lipinski definition) is 2. The van der Waals surface area contributed by atoms with Crippen molar-refractivity contribution >= 4 is 27.7 Å². The Balaban J connectivity index is 2.43. The Morgan fingerprint density at radius 2 is 1.77 bits per heavy atom. The van der Waals surface area contributed by atoms with Gasteiger partial charge in [-0.2, -0.15) is 0 Å². The zero-order valence-corrected chi connectivity index (χ0v) is 13.5. The first-order valence-electron chi connectivity index (χ1n) is 7.16. The molecule has 3 rings (SSSR count). The summed E-state index contributed by atoms with van der Waals surface area (Å²) in [4.78, 5) is 16.7. The molecule has 0 aliphatic heterocycles. The predicted octanol–water partition coefficient (Wildman–Crippen LogP) is 5.21. The van der Waals surface area contributed by atoms with Gasteiger partial charge in [0.2, 0.25) is 0 Å². The maximum atomic E-state index is 12.0. The van der Waals surface area contributed by atoms with Crippen LogP contribution in [-0.2, 0) is 0 Å². The molecule has 0 radical (unpaired) electrons. The van der Waals surface area contributed by atoms with Gasteiger partial charge in [0.1, 0.15) is 0 Å². The summed E-state index contributed by atoms with van der Waals surface area (Å²) in [5.41, 5.74) is 6.31. The smallest absolute Gasteiger partial charge is 0.253 e. The zero-order chi connectivity index (χ0) is 15.9. The molecule has 0 unspecified atom stereocenters. The largest absolute Gasteiger partial charge is 0.276 e. The lowest BCUT2D eigenvalue weighted by molar-refractivity contribution is 0.108. The van der Waals surface area contributed by atoms with E-state index in [9.17, 15) is 4.79 Å². The lowest BCUT2D eigenvalue weighted by atomic mass is 9.95. The number of aromatic nitrogens is 1. The molecule has 0 amide bonds. The van der Waals surface area contributed by atoms with Crippen LogP contribution in [0.15, 0.2) is 42.5 Å². The van der Waals surface area contributed by atoms with Crippen molar-refractivity contribution in [1.82, 2.24) is 4.98 Å². The molecular weight excluding hydrogens is 294 g/mol. The van der Waals surface area contributed by atoms with Crippen molar-refractivity contribution in [3.63, 3.8) is 0 Å². The van der Waals surface area contributed by atoms with E-state index in [4.69, 9.17) is 16.6 Å². The summed E-state index contributed by atoms with van der Waals surface area (Å²) in [6.45, 7) is 6.01. The van der Waals surface area contributed by atoms with Gasteiger partial charge in [-0.3, -0.25) is 4.79 Å². The number of pyridine rings is 1. The monoisotopic (exact) mass is 309 g/mol. The highest BCUT2D eigenvalue weighted by Gasteiger charge is 2.18. The molecule has 1 aromatic heterocycles. The summed E-state index contributed by atoms with van der Waals surface area (Å²) in [7, 11) is 0. The molecule has 0 spiro atoms. The van der Waals surface area contributed by atoms with Crippen LogP contribution < -0.4 is 0 Å². The minimum absolute atomic E-state index is 0.442. The molecule has 22 heavy (non-hydrogen) atoms. The Morgan fingerprint density at radius 1 is 1.05 bits per heavy atom. The van der Waals surface area contributed by atoms with Gasteiger partial charge in [0.05, 0.1) is 11.2 Å². The molecule has 0 fully saturated rings. The molecule has 2 nitrogen and oxygen atoms in total. The fourth-order valence-electron chi connectivity index (χ4n) is 2.81. The topological polar surface area (TPSA) is 30.0 Å². The molecule has 0 aliphatic carbocycles. The fourth-order valence-corrected chi connectivity index (χ4v) is 3.06.